The van der Waals surface area contributed by atoms with Crippen molar-refractivity contribution in [3.63, 3.8) is 0 Å². The lowest BCUT2D eigenvalue weighted by atomic mass is 9.97. The van der Waals surface area contributed by atoms with E-state index in [0.29, 0.717) is 22.8 Å². The minimum Gasteiger partial charge on any atom is -0.457 e. The summed E-state index contributed by atoms with van der Waals surface area (Å²) in [6, 6.07) is 11.7. The molecule has 1 aliphatic rings. The first-order valence-corrected chi connectivity index (χ1v) is 12.7. The molecule has 2 N–H and O–H groups in total. The molecule has 0 unspecified atom stereocenters. The Labute approximate surface area is 220 Å². The maximum atomic E-state index is 10.7. The van der Waals surface area contributed by atoms with Gasteiger partial charge in [-0.1, -0.05) is 0 Å². The second kappa shape index (κ2) is 9.21. The molecule has 0 amide bonds. The first kappa shape index (κ1) is 24.1. The van der Waals surface area contributed by atoms with Crippen LogP contribution in [0.2, 0.25) is 0 Å². The Bertz CT molecular complexity index is 1640. The average molecular weight is 511 g/mol. The summed E-state index contributed by atoms with van der Waals surface area (Å²) in [4.78, 5) is 24.7. The van der Waals surface area contributed by atoms with Crippen LogP contribution in [-0.4, -0.2) is 52.8 Å². The quantitative estimate of drug-likeness (QED) is 0.329. The number of aliphatic hydroxyl groups is 1. The Morgan fingerprint density at radius 1 is 1.05 bits per heavy atom. The van der Waals surface area contributed by atoms with Crippen LogP contribution in [0.5, 0.6) is 11.5 Å². The van der Waals surface area contributed by atoms with Crippen molar-refractivity contribution in [3.05, 3.63) is 60.8 Å². The number of anilines is 3. The zero-order valence-corrected chi connectivity index (χ0v) is 21.9. The van der Waals surface area contributed by atoms with Gasteiger partial charge in [-0.2, -0.15) is 0 Å². The topological polar surface area (TPSA) is 114 Å². The number of ether oxygens (including phenoxy) is 1. The molecule has 0 radical (unpaired) electrons. The van der Waals surface area contributed by atoms with Crippen molar-refractivity contribution in [3.8, 4) is 11.5 Å². The van der Waals surface area contributed by atoms with Gasteiger partial charge in [-0.25, -0.2) is 24.9 Å². The van der Waals surface area contributed by atoms with Crippen molar-refractivity contribution < 1.29 is 9.84 Å². The van der Waals surface area contributed by atoms with E-state index in [2.05, 4.69) is 30.2 Å². The molecule has 1 atom stereocenters. The van der Waals surface area contributed by atoms with E-state index in [1.807, 2.05) is 68.8 Å². The summed E-state index contributed by atoms with van der Waals surface area (Å²) >= 11 is 0. The fraction of sp³-hybridized carbons (Fsp3) is 0.321. The van der Waals surface area contributed by atoms with Gasteiger partial charge >= 0.3 is 0 Å². The molecular formula is C28H30N8O2. The summed E-state index contributed by atoms with van der Waals surface area (Å²) < 4.78 is 8.14. The Hall–Kier alpha value is -4.31. The minimum absolute atomic E-state index is 0.0467. The molecule has 5 aromatic rings. The van der Waals surface area contributed by atoms with Crippen LogP contribution in [0, 0.1) is 6.92 Å². The van der Waals surface area contributed by atoms with Gasteiger partial charge in [0, 0.05) is 25.3 Å². The van der Waals surface area contributed by atoms with Gasteiger partial charge in [0.15, 0.2) is 5.82 Å². The molecule has 0 aliphatic carbocycles. The second-order valence-electron chi connectivity index (χ2n) is 10.3. The number of hydrogen-bond acceptors (Lipinski definition) is 9. The summed E-state index contributed by atoms with van der Waals surface area (Å²) in [5.74, 6) is 2.66. The third kappa shape index (κ3) is 4.47. The van der Waals surface area contributed by atoms with Crippen LogP contribution in [0.4, 0.5) is 17.5 Å². The molecule has 1 saturated heterocycles. The Kier molecular flexibility index (Phi) is 5.83. The molecule has 3 aromatic heterocycles. The van der Waals surface area contributed by atoms with Crippen molar-refractivity contribution >= 4 is 39.5 Å². The molecule has 10 heteroatoms. The maximum Gasteiger partial charge on any atom is 0.226 e. The summed E-state index contributed by atoms with van der Waals surface area (Å²) in [5, 5.41) is 14.0. The fourth-order valence-corrected chi connectivity index (χ4v) is 5.10. The first-order valence-electron chi connectivity index (χ1n) is 12.7. The molecule has 2 aromatic carbocycles. The molecule has 4 heterocycles. The zero-order valence-electron chi connectivity index (χ0n) is 21.9. The van der Waals surface area contributed by atoms with Crippen molar-refractivity contribution in [2.75, 3.05) is 16.8 Å². The molecule has 0 saturated carbocycles. The Morgan fingerprint density at radius 2 is 1.92 bits per heavy atom. The zero-order chi connectivity index (χ0) is 26.4. The molecule has 38 heavy (non-hydrogen) atoms. The molecule has 10 nitrogen and oxygen atoms in total. The van der Waals surface area contributed by atoms with Gasteiger partial charge in [-0.3, -0.25) is 0 Å². The molecular weight excluding hydrogens is 480 g/mol. The van der Waals surface area contributed by atoms with Gasteiger partial charge in [0.2, 0.25) is 5.95 Å². The summed E-state index contributed by atoms with van der Waals surface area (Å²) in [6.07, 6.45) is 6.88. The van der Waals surface area contributed by atoms with E-state index in [9.17, 15) is 5.11 Å². The van der Waals surface area contributed by atoms with E-state index in [1.54, 1.807) is 12.5 Å². The number of nitrogens with one attached hydrogen (secondary N) is 1. The molecule has 194 valence electrons. The van der Waals surface area contributed by atoms with Crippen molar-refractivity contribution in [1.82, 2.24) is 29.5 Å². The maximum absolute atomic E-state index is 10.7. The standard InChI is InChI=1S/C28H30N8O2/c1-17-12-18(7-10-23(17)38-19-8-9-22-20(13-19)32-16-35(22)4)33-26-25-21(30-15-31-26)14-29-27(34-25)36-11-5-6-24(36)28(2,3)37/h7-10,12-16,24,37H,5-6,11H2,1-4H3,(H,30,31,33)/t24-/m1/s1. The van der Waals surface area contributed by atoms with Crippen LogP contribution in [0.1, 0.15) is 32.3 Å². The number of imidazole rings is 1. The summed E-state index contributed by atoms with van der Waals surface area (Å²) in [5.41, 5.74) is 4.18. The smallest absolute Gasteiger partial charge is 0.226 e. The number of rotatable bonds is 6. The van der Waals surface area contributed by atoms with Crippen LogP contribution < -0.4 is 15.0 Å². The number of aromatic nitrogens is 6. The van der Waals surface area contributed by atoms with Gasteiger partial charge in [-0.15, -0.1) is 0 Å². The third-order valence-corrected chi connectivity index (χ3v) is 7.05. The Morgan fingerprint density at radius 3 is 2.74 bits per heavy atom. The molecule has 0 bridgehead atoms. The van der Waals surface area contributed by atoms with E-state index in [4.69, 9.17) is 9.72 Å². The lowest BCUT2D eigenvalue weighted by Gasteiger charge is -2.33. The highest BCUT2D eigenvalue weighted by Gasteiger charge is 2.37. The summed E-state index contributed by atoms with van der Waals surface area (Å²) in [7, 11) is 1.97. The van der Waals surface area contributed by atoms with Crippen molar-refractivity contribution in [1.29, 1.82) is 0 Å². The molecule has 0 spiro atoms. The monoisotopic (exact) mass is 510 g/mol. The number of fused-ring (bicyclic) bond motifs is 2. The van der Waals surface area contributed by atoms with Crippen LogP contribution in [0.25, 0.3) is 22.1 Å². The molecule has 6 rings (SSSR count). The van der Waals surface area contributed by atoms with Gasteiger partial charge < -0.3 is 24.6 Å². The fourth-order valence-electron chi connectivity index (χ4n) is 5.10. The van der Waals surface area contributed by atoms with E-state index in [-0.39, 0.29) is 6.04 Å². The largest absolute Gasteiger partial charge is 0.457 e. The van der Waals surface area contributed by atoms with Crippen LogP contribution >= 0.6 is 0 Å². The van der Waals surface area contributed by atoms with Crippen LogP contribution in [0.3, 0.4) is 0 Å². The first-order chi connectivity index (χ1) is 18.3. The minimum atomic E-state index is -0.853. The van der Waals surface area contributed by atoms with E-state index in [1.165, 1.54) is 6.33 Å². The summed E-state index contributed by atoms with van der Waals surface area (Å²) in [6.45, 7) is 6.46. The highest BCUT2D eigenvalue weighted by Crippen LogP contribution is 2.33. The van der Waals surface area contributed by atoms with Crippen molar-refractivity contribution in [2.45, 2.75) is 45.3 Å². The van der Waals surface area contributed by atoms with E-state index < -0.39 is 5.60 Å². The number of benzene rings is 2. The lowest BCUT2D eigenvalue weighted by molar-refractivity contribution is 0.0531. The van der Waals surface area contributed by atoms with Crippen LogP contribution in [-0.2, 0) is 7.05 Å². The van der Waals surface area contributed by atoms with Gasteiger partial charge in [-0.05, 0) is 69.5 Å². The number of nitrogens with zero attached hydrogens (tertiary/aromatic N) is 7. The highest BCUT2D eigenvalue weighted by atomic mass is 16.5. The van der Waals surface area contributed by atoms with Gasteiger partial charge in [0.25, 0.3) is 0 Å². The van der Waals surface area contributed by atoms with E-state index in [0.717, 1.165) is 53.2 Å². The van der Waals surface area contributed by atoms with E-state index >= 15 is 0 Å². The Balaban J connectivity index is 1.26. The van der Waals surface area contributed by atoms with Crippen molar-refractivity contribution in [2.24, 2.45) is 7.05 Å². The van der Waals surface area contributed by atoms with Gasteiger partial charge in [0.1, 0.15) is 28.9 Å². The lowest BCUT2D eigenvalue weighted by Crippen LogP contribution is -2.46. The highest BCUT2D eigenvalue weighted by molar-refractivity contribution is 5.87. The molecule has 1 aliphatic heterocycles. The number of aryl methyl sites for hydroxylation is 2. The predicted molar refractivity (Wildman–Crippen MR) is 147 cm³/mol. The van der Waals surface area contributed by atoms with Gasteiger partial charge in [0.05, 0.1) is 35.2 Å². The second-order valence-corrected chi connectivity index (χ2v) is 10.3. The SMILES string of the molecule is Cc1cc(Nc2ncnc3cnc(N4CCC[C@@H]4C(C)(C)O)nc23)ccc1Oc1ccc2c(c1)ncn2C. The average Bonchev–Trinajstić information content (AvgIpc) is 3.53. The molecule has 1 fully saturated rings. The normalized spacial score (nSPS) is 15.9. The number of hydrogen-bond donors (Lipinski definition) is 2. The predicted octanol–water partition coefficient (Wildman–Crippen LogP) is 4.89. The third-order valence-electron chi connectivity index (χ3n) is 7.05. The van der Waals surface area contributed by atoms with Crippen LogP contribution in [0.15, 0.2) is 55.2 Å².